The molecule has 24 heteroatoms. The van der Waals surface area contributed by atoms with Crippen molar-refractivity contribution in [3.63, 3.8) is 0 Å². The molecule has 0 aliphatic rings. The zero-order valence-electron chi connectivity index (χ0n) is 30.3. The summed E-state index contributed by atoms with van der Waals surface area (Å²) in [6.07, 6.45) is -4.15. The monoisotopic (exact) mass is 881 g/mol. The van der Waals surface area contributed by atoms with Gasteiger partial charge in [-0.05, 0) is 54.1 Å². The van der Waals surface area contributed by atoms with Crippen molar-refractivity contribution in [2.24, 2.45) is 0 Å². The second-order valence-electron chi connectivity index (χ2n) is 13.4. The molecule has 1 aromatic carbocycles. The van der Waals surface area contributed by atoms with E-state index in [1.165, 1.54) is 63.5 Å². The molecule has 0 spiro atoms. The van der Waals surface area contributed by atoms with E-state index in [1.54, 1.807) is 12.2 Å². The number of alkyl halides is 17. The molecule has 1 atom stereocenters. The van der Waals surface area contributed by atoms with Crippen LogP contribution in [0.2, 0.25) is 17.1 Å². The maximum absolute atomic E-state index is 14.8. The summed E-state index contributed by atoms with van der Waals surface area (Å²) in [5.74, 6) is -57.2. The normalized spacial score (nSPS) is 15.3. The predicted octanol–water partition coefficient (Wildman–Crippen LogP) is 11.1. The number of benzene rings is 1. The Morgan fingerprint density at radius 2 is 1.19 bits per heavy atom. The van der Waals surface area contributed by atoms with Gasteiger partial charge >= 0.3 is 47.6 Å². The molecule has 3 N–H and O–H groups in total. The summed E-state index contributed by atoms with van der Waals surface area (Å²) < 4.78 is 245. The molecule has 0 unspecified atom stereocenters. The maximum Gasteiger partial charge on any atom is 0.460 e. The van der Waals surface area contributed by atoms with Crippen molar-refractivity contribution in [2.75, 3.05) is 13.2 Å². The topological polar surface area (TPSA) is 88.0 Å². The second kappa shape index (κ2) is 18.9. The van der Waals surface area contributed by atoms with E-state index in [9.17, 15) is 84.5 Å². The van der Waals surface area contributed by atoms with Crippen LogP contribution in [0.15, 0.2) is 48.6 Å². The van der Waals surface area contributed by atoms with Crippen molar-refractivity contribution in [1.29, 1.82) is 0 Å². The van der Waals surface area contributed by atoms with Crippen LogP contribution in [-0.4, -0.2) is 85.4 Å². The van der Waals surface area contributed by atoms with Crippen LogP contribution < -0.4 is 10.2 Å². The highest BCUT2D eigenvalue weighted by atomic mass is 28.4. The van der Waals surface area contributed by atoms with Crippen LogP contribution in [0.4, 0.5) is 74.6 Å². The molecule has 330 valence electrons. The summed E-state index contributed by atoms with van der Waals surface area (Å²) in [5.41, 5.74) is 0.188. The van der Waals surface area contributed by atoms with E-state index >= 15 is 0 Å². The summed E-state index contributed by atoms with van der Waals surface area (Å²) in [4.78, 5) is 10.9. The van der Waals surface area contributed by atoms with Gasteiger partial charge in [0.1, 0.15) is 12.4 Å². The number of allylic oxidation sites excluding steroid dienone is 3. The summed E-state index contributed by atoms with van der Waals surface area (Å²) in [5, 5.41) is 18.8. The molecule has 0 saturated carbocycles. The number of hydrogen-bond donors (Lipinski definition) is 3. The molecule has 0 aliphatic carbocycles. The molecule has 57 heavy (non-hydrogen) atoms. The number of unbranched alkanes of at least 4 members (excludes halogenated alkanes) is 1. The average molecular weight is 882 g/mol. The Hall–Kier alpha value is -3.12. The van der Waals surface area contributed by atoms with Gasteiger partial charge in [-0.2, -0.15) is 74.6 Å². The lowest BCUT2D eigenvalue weighted by Gasteiger charge is -2.44. The summed E-state index contributed by atoms with van der Waals surface area (Å²) in [6, 6.07) is 4.54. The number of rotatable bonds is 23. The Morgan fingerprint density at radius 3 is 1.65 bits per heavy atom. The first-order valence-electron chi connectivity index (χ1n) is 16.7. The van der Waals surface area contributed by atoms with Crippen LogP contribution >= 0.6 is 0 Å². The van der Waals surface area contributed by atoms with Crippen LogP contribution in [0.5, 0.6) is 5.75 Å². The predicted molar refractivity (Wildman–Crippen MR) is 171 cm³/mol. The minimum atomic E-state index is -8.68. The quantitative estimate of drug-likeness (QED) is 0.0194. The largest absolute Gasteiger partial charge is 0.491 e. The van der Waals surface area contributed by atoms with Gasteiger partial charge < -0.3 is 14.3 Å². The van der Waals surface area contributed by atoms with Crippen molar-refractivity contribution < 1.29 is 98.9 Å². The molecular weight excluding hydrogens is 841 g/mol. The van der Waals surface area contributed by atoms with E-state index in [1.807, 2.05) is 0 Å². The van der Waals surface area contributed by atoms with E-state index < -0.39 is 98.1 Å². The summed E-state index contributed by atoms with van der Waals surface area (Å²) in [7, 11) is -3.94. The fraction of sp³-hybridized carbons (Fsp3) is 0.667. The van der Waals surface area contributed by atoms with Gasteiger partial charge in [0.05, 0.1) is 12.7 Å². The number of carbonyl (C=O) groups is 1. The lowest BCUT2D eigenvalue weighted by atomic mass is 9.88. The number of amides is 1. The zero-order chi connectivity index (χ0) is 44.7. The Bertz CT molecular complexity index is 1490. The van der Waals surface area contributed by atoms with Gasteiger partial charge in [0.15, 0.2) is 8.32 Å². The number of hydrogen-bond acceptors (Lipinski definition) is 5. The number of hydroxylamine groups is 1. The van der Waals surface area contributed by atoms with E-state index in [4.69, 9.17) is 14.4 Å². The molecule has 0 saturated heterocycles. The molecule has 0 fully saturated rings. The Morgan fingerprint density at radius 1 is 0.719 bits per heavy atom. The first-order chi connectivity index (χ1) is 25.7. The fourth-order valence-corrected chi connectivity index (χ4v) is 9.95. The van der Waals surface area contributed by atoms with Gasteiger partial charge in [-0.1, -0.05) is 58.1 Å². The van der Waals surface area contributed by atoms with Gasteiger partial charge in [0.25, 0.3) is 5.91 Å². The highest BCUT2D eigenvalue weighted by Gasteiger charge is 2.95. The Balaban J connectivity index is 3.08. The molecule has 0 radical (unpaired) electrons. The highest BCUT2D eigenvalue weighted by Crippen LogP contribution is 2.64. The minimum Gasteiger partial charge on any atom is -0.491 e. The molecule has 0 heterocycles. The smallest absolute Gasteiger partial charge is 0.460 e. The zero-order valence-corrected chi connectivity index (χ0v) is 31.3. The van der Waals surface area contributed by atoms with E-state index in [0.717, 1.165) is 6.08 Å². The van der Waals surface area contributed by atoms with Crippen LogP contribution in [0, 0.1) is 0 Å². The van der Waals surface area contributed by atoms with Gasteiger partial charge in [-0.25, -0.2) is 5.48 Å². The number of nitrogens with one attached hydrogen (secondary N) is 1. The van der Waals surface area contributed by atoms with Crippen molar-refractivity contribution in [3.05, 3.63) is 54.1 Å². The first kappa shape index (κ1) is 51.9. The standard InChI is InChI=1S/C33H40F17NO5Si/c1-20(2)57(21(3)4,56-18-17-55-23-14-12-22(13-15-23)24(52)10-8-6-5-7-9-11-25(53)51-54)19-16-26(34,35)27(36,37)28(38,39)29(40,41)30(42,43)31(44,45)32(46,47)33(48,49)50/h5,7,9,11-15,20-21,24,52,54H,6,8,10,16-19H2,1-4H3,(H,51,53)/b7-5+,11-9+/t24-/m1/s1. The van der Waals surface area contributed by atoms with Gasteiger partial charge in [0.2, 0.25) is 0 Å². The minimum absolute atomic E-state index is 0.183. The highest BCUT2D eigenvalue weighted by molar-refractivity contribution is 6.76. The lowest BCUT2D eigenvalue weighted by molar-refractivity contribution is -0.461. The van der Waals surface area contributed by atoms with Crippen LogP contribution in [0.3, 0.4) is 0 Å². The van der Waals surface area contributed by atoms with Crippen LogP contribution in [0.1, 0.15) is 65.0 Å². The number of aliphatic hydroxyl groups excluding tert-OH is 1. The van der Waals surface area contributed by atoms with Crippen LogP contribution in [0.25, 0.3) is 0 Å². The Kier molecular flexibility index (Phi) is 17.2. The fourth-order valence-electron chi connectivity index (χ4n) is 5.48. The number of aliphatic hydroxyl groups is 1. The van der Waals surface area contributed by atoms with Crippen molar-refractivity contribution in [2.45, 2.75) is 124 Å². The maximum atomic E-state index is 14.8. The van der Waals surface area contributed by atoms with E-state index in [0.29, 0.717) is 24.8 Å². The number of carbonyl (C=O) groups excluding carboxylic acids is 1. The van der Waals surface area contributed by atoms with Gasteiger partial charge in [-0.3, -0.25) is 10.0 Å². The average Bonchev–Trinajstić information content (AvgIpc) is 3.09. The SMILES string of the molecule is CC(C)[Si](CCC(F)(F)C(F)(F)C(F)(F)C(F)(F)C(F)(F)C(F)(F)C(F)(F)C(F)(F)F)(OCCOc1ccc([C@H](O)CCC/C=C/C=C/C(=O)NO)cc1)C(C)C. The Labute approximate surface area is 316 Å². The number of ether oxygens (including phenoxy) is 1. The molecule has 1 rings (SSSR count). The molecule has 0 aliphatic heterocycles. The van der Waals surface area contributed by atoms with Gasteiger partial charge in [-0.15, -0.1) is 0 Å². The molecule has 0 bridgehead atoms. The molecule has 1 amide bonds. The molecular formula is C33H40F17NO5Si. The third-order valence-electron chi connectivity index (χ3n) is 9.01. The van der Waals surface area contributed by atoms with E-state index in [-0.39, 0.29) is 12.4 Å². The van der Waals surface area contributed by atoms with Crippen molar-refractivity contribution in [1.82, 2.24) is 5.48 Å². The lowest BCUT2D eigenvalue weighted by Crippen LogP contribution is -2.74. The first-order valence-corrected chi connectivity index (χ1v) is 19.0. The van der Waals surface area contributed by atoms with Crippen molar-refractivity contribution >= 4 is 14.2 Å². The number of halogens is 17. The molecule has 6 nitrogen and oxygen atoms in total. The van der Waals surface area contributed by atoms with Gasteiger partial charge in [0, 0.05) is 12.5 Å². The second-order valence-corrected chi connectivity index (χ2v) is 18.4. The molecule has 1 aromatic rings. The third-order valence-corrected chi connectivity index (χ3v) is 14.7. The molecule has 0 aromatic heterocycles. The van der Waals surface area contributed by atoms with Crippen LogP contribution in [-0.2, 0) is 9.22 Å². The summed E-state index contributed by atoms with van der Waals surface area (Å²) in [6.45, 7) is 4.46. The van der Waals surface area contributed by atoms with Crippen molar-refractivity contribution in [3.8, 4) is 5.75 Å². The summed E-state index contributed by atoms with van der Waals surface area (Å²) >= 11 is 0. The third kappa shape index (κ3) is 10.7. The van der Waals surface area contributed by atoms with E-state index in [2.05, 4.69) is 0 Å².